The first-order chi connectivity index (χ1) is 9.81. The summed E-state index contributed by atoms with van der Waals surface area (Å²) in [6, 6.07) is 2.44. The van der Waals surface area contributed by atoms with Crippen LogP contribution < -0.4 is 11.1 Å². The molecule has 1 aromatic heterocycles. The predicted octanol–water partition coefficient (Wildman–Crippen LogP) is 2.70. The number of nitrogen functional groups attached to an aromatic ring is 1. The molecule has 0 saturated heterocycles. The van der Waals surface area contributed by atoms with Crippen LogP contribution in [-0.2, 0) is 4.79 Å². The number of hydrogen-bond acceptors (Lipinski definition) is 3. The summed E-state index contributed by atoms with van der Waals surface area (Å²) in [5.74, 6) is 0.0587. The zero-order chi connectivity index (χ0) is 15.7. The van der Waals surface area contributed by atoms with Gasteiger partial charge in [0.05, 0.1) is 14.6 Å². The third-order valence-corrected chi connectivity index (χ3v) is 4.04. The van der Waals surface area contributed by atoms with E-state index in [0.717, 1.165) is 0 Å². The highest BCUT2D eigenvalue weighted by atomic mass is 127. The van der Waals surface area contributed by atoms with E-state index in [1.165, 1.54) is 6.07 Å². The molecule has 0 bridgehead atoms. The normalized spacial score (nSPS) is 12.9. The summed E-state index contributed by atoms with van der Waals surface area (Å²) in [5, 5.41) is 2.85. The fraction of sp³-hybridized carbons (Fsp3) is 0.429. The summed E-state index contributed by atoms with van der Waals surface area (Å²) >= 11 is 1.90. The van der Waals surface area contributed by atoms with E-state index in [-0.39, 0.29) is 17.7 Å². The summed E-state index contributed by atoms with van der Waals surface area (Å²) in [7, 11) is 0. The number of nitrogens with two attached hydrogens (primary N) is 1. The van der Waals surface area contributed by atoms with Gasteiger partial charge in [0.1, 0.15) is 11.9 Å². The number of carbonyl (C=O) groups excluding carboxylic acids is 1. The molecule has 114 valence electrons. The molecular formula is C14H18FIN4O. The van der Waals surface area contributed by atoms with Gasteiger partial charge in [0.2, 0.25) is 11.9 Å². The highest BCUT2D eigenvalue weighted by Crippen LogP contribution is 2.26. The van der Waals surface area contributed by atoms with Gasteiger partial charge < -0.3 is 11.1 Å². The maximum absolute atomic E-state index is 13.8. The van der Waals surface area contributed by atoms with Crippen LogP contribution >= 0.6 is 22.6 Å². The molecule has 1 heterocycles. The second kappa shape index (κ2) is 6.17. The molecule has 5 nitrogen and oxygen atoms in total. The van der Waals surface area contributed by atoms with Crippen LogP contribution in [-0.4, -0.2) is 22.0 Å². The molecule has 0 aliphatic heterocycles. The number of nitrogens with zero attached hydrogens (tertiary/aromatic N) is 2. The smallest absolute Gasteiger partial charge is 0.242 e. The minimum Gasteiger partial charge on any atom is -0.369 e. The van der Waals surface area contributed by atoms with Crippen molar-refractivity contribution in [3.63, 3.8) is 0 Å². The number of aromatic nitrogens is 2. The Morgan fingerprint density at radius 2 is 2.14 bits per heavy atom. The number of fused-ring (bicyclic) bond motifs is 1. The van der Waals surface area contributed by atoms with Gasteiger partial charge in [-0.2, -0.15) is 0 Å². The minimum absolute atomic E-state index is 0.159. The van der Waals surface area contributed by atoms with Gasteiger partial charge in [-0.05, 0) is 41.5 Å². The molecule has 21 heavy (non-hydrogen) atoms. The Bertz CT molecular complexity index is 683. The van der Waals surface area contributed by atoms with Crippen LogP contribution in [0.4, 0.5) is 10.3 Å². The maximum Gasteiger partial charge on any atom is 0.242 e. The van der Waals surface area contributed by atoms with Gasteiger partial charge in [-0.1, -0.05) is 13.8 Å². The summed E-state index contributed by atoms with van der Waals surface area (Å²) in [5.41, 5.74) is 7.01. The van der Waals surface area contributed by atoms with E-state index in [0.29, 0.717) is 27.1 Å². The molecule has 0 spiro atoms. The molecule has 1 aromatic carbocycles. The van der Waals surface area contributed by atoms with Crippen molar-refractivity contribution in [2.75, 3.05) is 12.3 Å². The van der Waals surface area contributed by atoms with Gasteiger partial charge >= 0.3 is 0 Å². The van der Waals surface area contributed by atoms with E-state index in [1.807, 2.05) is 36.4 Å². The fourth-order valence-electron chi connectivity index (χ4n) is 2.09. The minimum atomic E-state index is -0.548. The topological polar surface area (TPSA) is 72.9 Å². The second-order valence-corrected chi connectivity index (χ2v) is 6.57. The molecule has 1 amide bonds. The van der Waals surface area contributed by atoms with Crippen molar-refractivity contribution in [2.24, 2.45) is 5.92 Å². The van der Waals surface area contributed by atoms with Gasteiger partial charge in [-0.15, -0.1) is 0 Å². The number of nitrogens with one attached hydrogen (secondary N) is 1. The Balaban J connectivity index is 2.39. The maximum atomic E-state index is 13.8. The monoisotopic (exact) mass is 404 g/mol. The summed E-state index contributed by atoms with van der Waals surface area (Å²) in [6.45, 7) is 6.34. The first kappa shape index (κ1) is 16.0. The van der Waals surface area contributed by atoms with E-state index >= 15 is 0 Å². The van der Waals surface area contributed by atoms with Gasteiger partial charge in [-0.25, -0.2) is 9.37 Å². The van der Waals surface area contributed by atoms with Crippen LogP contribution in [0.1, 0.15) is 26.8 Å². The highest BCUT2D eigenvalue weighted by Gasteiger charge is 2.21. The SMILES string of the molecule is CC(C)CNC(=O)C(C)n1c(N)nc2cc(I)c(F)cc21. The predicted molar refractivity (Wildman–Crippen MR) is 89.4 cm³/mol. The third-order valence-electron chi connectivity index (χ3n) is 3.21. The second-order valence-electron chi connectivity index (χ2n) is 5.41. The number of benzene rings is 1. The zero-order valence-corrected chi connectivity index (χ0v) is 14.3. The molecule has 2 rings (SSSR count). The molecule has 0 radical (unpaired) electrons. The van der Waals surface area contributed by atoms with Gasteiger partial charge in [0.25, 0.3) is 0 Å². The Hall–Kier alpha value is -1.38. The molecule has 0 aliphatic carbocycles. The largest absolute Gasteiger partial charge is 0.369 e. The molecule has 0 saturated carbocycles. The van der Waals surface area contributed by atoms with Crippen molar-refractivity contribution in [3.8, 4) is 0 Å². The van der Waals surface area contributed by atoms with Crippen molar-refractivity contribution >= 4 is 45.5 Å². The number of carbonyl (C=O) groups is 1. The number of hydrogen-bond donors (Lipinski definition) is 2. The lowest BCUT2D eigenvalue weighted by Gasteiger charge is -2.17. The summed E-state index contributed by atoms with van der Waals surface area (Å²) in [6.07, 6.45) is 0. The van der Waals surface area contributed by atoms with Gasteiger partial charge in [-0.3, -0.25) is 9.36 Å². The zero-order valence-electron chi connectivity index (χ0n) is 12.2. The van der Waals surface area contributed by atoms with Crippen molar-refractivity contribution < 1.29 is 9.18 Å². The van der Waals surface area contributed by atoms with Crippen LogP contribution in [0.15, 0.2) is 12.1 Å². The van der Waals surface area contributed by atoms with Gasteiger partial charge in [0, 0.05) is 12.6 Å². The molecule has 0 aliphatic rings. The van der Waals surface area contributed by atoms with Crippen molar-refractivity contribution in [3.05, 3.63) is 21.5 Å². The molecule has 2 aromatic rings. The molecule has 7 heteroatoms. The Labute approximate surface area is 136 Å². The Morgan fingerprint density at radius 3 is 2.76 bits per heavy atom. The van der Waals surface area contributed by atoms with E-state index in [1.54, 1.807) is 17.6 Å². The summed E-state index contributed by atoms with van der Waals surface area (Å²) < 4.78 is 15.8. The summed E-state index contributed by atoms with van der Waals surface area (Å²) in [4.78, 5) is 16.4. The lowest BCUT2D eigenvalue weighted by molar-refractivity contribution is -0.123. The van der Waals surface area contributed by atoms with E-state index in [4.69, 9.17) is 5.73 Å². The third kappa shape index (κ3) is 3.28. The molecular weight excluding hydrogens is 386 g/mol. The van der Waals surface area contributed by atoms with E-state index in [9.17, 15) is 9.18 Å². The fourth-order valence-corrected chi connectivity index (χ4v) is 2.54. The number of rotatable bonds is 4. The van der Waals surface area contributed by atoms with Crippen LogP contribution in [0.5, 0.6) is 0 Å². The number of amides is 1. The lowest BCUT2D eigenvalue weighted by atomic mass is 10.2. The molecule has 1 atom stereocenters. The van der Waals surface area contributed by atoms with Crippen molar-refractivity contribution in [2.45, 2.75) is 26.8 Å². The van der Waals surface area contributed by atoms with Crippen molar-refractivity contribution in [1.82, 2.24) is 14.9 Å². The lowest BCUT2D eigenvalue weighted by Crippen LogP contribution is -2.33. The quantitative estimate of drug-likeness (QED) is 0.770. The first-order valence-corrected chi connectivity index (χ1v) is 7.79. The number of imidazole rings is 1. The number of halogens is 2. The van der Waals surface area contributed by atoms with Crippen LogP contribution in [0, 0.1) is 15.3 Å². The highest BCUT2D eigenvalue weighted by molar-refractivity contribution is 14.1. The average molecular weight is 404 g/mol. The average Bonchev–Trinajstić information content (AvgIpc) is 2.71. The van der Waals surface area contributed by atoms with Gasteiger partial charge in [0.15, 0.2) is 0 Å². The van der Waals surface area contributed by atoms with Crippen LogP contribution in [0.2, 0.25) is 0 Å². The van der Waals surface area contributed by atoms with Crippen molar-refractivity contribution in [1.29, 1.82) is 0 Å². The molecule has 3 N–H and O–H groups in total. The standard InChI is InChI=1S/C14H18FIN4O/c1-7(2)6-18-13(21)8(3)20-12-4-9(15)10(16)5-11(12)19-14(20)17/h4-5,7-8H,6H2,1-3H3,(H2,17,19)(H,18,21). The van der Waals surface area contributed by atoms with E-state index < -0.39 is 6.04 Å². The molecule has 1 unspecified atom stereocenters. The Kier molecular flexibility index (Phi) is 4.70. The first-order valence-electron chi connectivity index (χ1n) is 6.71. The van der Waals surface area contributed by atoms with E-state index in [2.05, 4.69) is 10.3 Å². The Morgan fingerprint density at radius 1 is 1.48 bits per heavy atom. The van der Waals surface area contributed by atoms with Crippen LogP contribution in [0.25, 0.3) is 11.0 Å². The number of anilines is 1. The molecule has 0 fully saturated rings. The van der Waals surface area contributed by atoms with Crippen LogP contribution in [0.3, 0.4) is 0 Å².